The van der Waals surface area contributed by atoms with Crippen molar-refractivity contribution in [3.63, 3.8) is 0 Å². The van der Waals surface area contributed by atoms with Gasteiger partial charge in [0.1, 0.15) is 17.0 Å². The van der Waals surface area contributed by atoms with Gasteiger partial charge < -0.3 is 20.1 Å². The van der Waals surface area contributed by atoms with Crippen LogP contribution < -0.4 is 5.32 Å². The Kier molecular flexibility index (Phi) is 3.13. The van der Waals surface area contributed by atoms with E-state index in [1.807, 2.05) is 16.8 Å². The van der Waals surface area contributed by atoms with Crippen molar-refractivity contribution < 1.29 is 19.8 Å². The zero-order chi connectivity index (χ0) is 15.0. The number of phenols is 1. The Balaban J connectivity index is 1.80. The molecule has 1 saturated carbocycles. The second-order valence-electron chi connectivity index (χ2n) is 5.02. The molecule has 1 aromatic carbocycles. The molecule has 1 heterocycles. The fourth-order valence-corrected chi connectivity index (χ4v) is 2.24. The Hall–Kier alpha value is -2.76. The summed E-state index contributed by atoms with van der Waals surface area (Å²) >= 11 is 0. The molecule has 1 fully saturated rings. The normalized spacial score (nSPS) is 13.9. The van der Waals surface area contributed by atoms with Crippen LogP contribution in [-0.2, 0) is 0 Å². The SMILES string of the molecule is O=C(O)c1ccc(NC(=O)c2cccn2C2CC2)cc1O. The van der Waals surface area contributed by atoms with Crippen molar-refractivity contribution in [3.8, 4) is 5.75 Å². The van der Waals surface area contributed by atoms with E-state index in [1.165, 1.54) is 18.2 Å². The average Bonchev–Trinajstić information content (AvgIpc) is 3.15. The number of nitrogens with one attached hydrogen (secondary N) is 1. The number of amides is 1. The topological polar surface area (TPSA) is 91.6 Å². The van der Waals surface area contributed by atoms with Crippen molar-refractivity contribution in [1.29, 1.82) is 0 Å². The van der Waals surface area contributed by atoms with Gasteiger partial charge in [0.2, 0.25) is 0 Å². The van der Waals surface area contributed by atoms with E-state index in [2.05, 4.69) is 5.32 Å². The van der Waals surface area contributed by atoms with Gasteiger partial charge in [0.25, 0.3) is 5.91 Å². The molecule has 0 bridgehead atoms. The summed E-state index contributed by atoms with van der Waals surface area (Å²) in [7, 11) is 0. The molecule has 6 heteroatoms. The number of anilines is 1. The van der Waals surface area contributed by atoms with E-state index in [4.69, 9.17) is 5.11 Å². The van der Waals surface area contributed by atoms with E-state index in [9.17, 15) is 14.7 Å². The third-order valence-corrected chi connectivity index (χ3v) is 3.44. The van der Waals surface area contributed by atoms with E-state index >= 15 is 0 Å². The number of rotatable bonds is 4. The summed E-state index contributed by atoms with van der Waals surface area (Å²) in [5, 5.41) is 21.1. The molecule has 3 N–H and O–H groups in total. The standard InChI is InChI=1S/C15H14N2O4/c18-13-8-9(3-6-11(13)15(20)21)16-14(19)12-2-1-7-17(12)10-4-5-10/h1-3,6-8,10,18H,4-5H2,(H,16,19)(H,20,21). The van der Waals surface area contributed by atoms with Gasteiger partial charge in [-0.15, -0.1) is 0 Å². The first-order chi connectivity index (χ1) is 10.1. The van der Waals surface area contributed by atoms with E-state index in [0.29, 0.717) is 17.4 Å². The quantitative estimate of drug-likeness (QED) is 0.805. The van der Waals surface area contributed by atoms with Gasteiger partial charge in [-0.3, -0.25) is 4.79 Å². The van der Waals surface area contributed by atoms with Crippen LogP contribution in [-0.4, -0.2) is 26.7 Å². The Labute approximate surface area is 120 Å². The first kappa shape index (κ1) is 13.2. The molecule has 6 nitrogen and oxygen atoms in total. The molecule has 0 unspecified atom stereocenters. The Morgan fingerprint density at radius 1 is 1.24 bits per heavy atom. The smallest absolute Gasteiger partial charge is 0.339 e. The third kappa shape index (κ3) is 2.60. The van der Waals surface area contributed by atoms with Gasteiger partial charge in [0, 0.05) is 24.0 Å². The molecule has 108 valence electrons. The van der Waals surface area contributed by atoms with Crippen molar-refractivity contribution in [2.24, 2.45) is 0 Å². The summed E-state index contributed by atoms with van der Waals surface area (Å²) in [6.45, 7) is 0. The average molecular weight is 286 g/mol. The van der Waals surface area contributed by atoms with Crippen LogP contribution in [0.4, 0.5) is 5.69 Å². The summed E-state index contributed by atoms with van der Waals surface area (Å²) in [5.74, 6) is -1.87. The van der Waals surface area contributed by atoms with Crippen molar-refractivity contribution in [2.45, 2.75) is 18.9 Å². The van der Waals surface area contributed by atoms with Crippen LogP contribution in [0.15, 0.2) is 36.5 Å². The number of aromatic hydroxyl groups is 1. The molecule has 0 atom stereocenters. The molecule has 1 amide bonds. The molecule has 1 aliphatic rings. The van der Waals surface area contributed by atoms with Crippen molar-refractivity contribution in [2.75, 3.05) is 5.32 Å². The zero-order valence-corrected chi connectivity index (χ0v) is 11.1. The second-order valence-corrected chi connectivity index (χ2v) is 5.02. The predicted octanol–water partition coefficient (Wildman–Crippen LogP) is 2.48. The largest absolute Gasteiger partial charge is 0.507 e. The van der Waals surface area contributed by atoms with E-state index < -0.39 is 5.97 Å². The summed E-state index contributed by atoms with van der Waals surface area (Å²) < 4.78 is 1.93. The number of carbonyl (C=O) groups excluding carboxylic acids is 1. The molecule has 1 aliphatic carbocycles. The van der Waals surface area contributed by atoms with Crippen LogP contribution in [0, 0.1) is 0 Å². The van der Waals surface area contributed by atoms with Gasteiger partial charge in [0.15, 0.2) is 0 Å². The van der Waals surface area contributed by atoms with Gasteiger partial charge in [0.05, 0.1) is 0 Å². The first-order valence-electron chi connectivity index (χ1n) is 6.61. The molecule has 2 aromatic rings. The van der Waals surface area contributed by atoms with Gasteiger partial charge in [-0.05, 0) is 37.1 Å². The lowest BCUT2D eigenvalue weighted by atomic mass is 10.2. The highest BCUT2D eigenvalue weighted by molar-refractivity contribution is 6.03. The maximum atomic E-state index is 12.2. The number of aromatic nitrogens is 1. The molecule has 21 heavy (non-hydrogen) atoms. The lowest BCUT2D eigenvalue weighted by Crippen LogP contribution is -2.16. The number of carbonyl (C=O) groups is 2. The fraction of sp³-hybridized carbons (Fsp3) is 0.200. The van der Waals surface area contributed by atoms with Gasteiger partial charge in [-0.25, -0.2) is 4.79 Å². The lowest BCUT2D eigenvalue weighted by molar-refractivity contribution is 0.0693. The third-order valence-electron chi connectivity index (χ3n) is 3.44. The number of benzene rings is 1. The maximum Gasteiger partial charge on any atom is 0.339 e. The minimum Gasteiger partial charge on any atom is -0.507 e. The second kappa shape index (κ2) is 4.97. The van der Waals surface area contributed by atoms with Gasteiger partial charge >= 0.3 is 5.97 Å². The fourth-order valence-electron chi connectivity index (χ4n) is 2.24. The molecule has 1 aromatic heterocycles. The Bertz CT molecular complexity index is 716. The summed E-state index contributed by atoms with van der Waals surface area (Å²) in [6, 6.07) is 7.88. The maximum absolute atomic E-state index is 12.2. The number of hydrogen-bond donors (Lipinski definition) is 3. The van der Waals surface area contributed by atoms with E-state index in [-0.39, 0.29) is 17.2 Å². The number of aromatic carboxylic acids is 1. The molecular formula is C15H14N2O4. The summed E-state index contributed by atoms with van der Waals surface area (Å²) in [6.07, 6.45) is 4.02. The van der Waals surface area contributed by atoms with Crippen molar-refractivity contribution in [1.82, 2.24) is 4.57 Å². The number of carboxylic acids is 1. The van der Waals surface area contributed by atoms with Crippen LogP contribution in [0.1, 0.15) is 39.7 Å². The monoisotopic (exact) mass is 286 g/mol. The summed E-state index contributed by atoms with van der Waals surface area (Å²) in [4.78, 5) is 23.0. The number of hydrogen-bond acceptors (Lipinski definition) is 3. The van der Waals surface area contributed by atoms with Crippen LogP contribution in [0.3, 0.4) is 0 Å². The Morgan fingerprint density at radius 2 is 2.00 bits per heavy atom. The van der Waals surface area contributed by atoms with Crippen molar-refractivity contribution in [3.05, 3.63) is 47.8 Å². The molecule has 0 radical (unpaired) electrons. The van der Waals surface area contributed by atoms with Crippen molar-refractivity contribution >= 4 is 17.6 Å². The van der Waals surface area contributed by atoms with Crippen LogP contribution in [0.25, 0.3) is 0 Å². The molecular weight excluding hydrogens is 272 g/mol. The highest BCUT2D eigenvalue weighted by Gasteiger charge is 2.26. The highest BCUT2D eigenvalue weighted by Crippen LogP contribution is 2.36. The predicted molar refractivity (Wildman–Crippen MR) is 75.7 cm³/mol. The molecule has 3 rings (SSSR count). The minimum absolute atomic E-state index is 0.200. The Morgan fingerprint density at radius 3 is 2.62 bits per heavy atom. The summed E-state index contributed by atoms with van der Waals surface area (Å²) in [5.41, 5.74) is 0.708. The van der Waals surface area contributed by atoms with Crippen LogP contribution >= 0.6 is 0 Å². The number of carboxylic acid groups (broad SMARTS) is 1. The molecule has 0 spiro atoms. The number of nitrogens with zero attached hydrogens (tertiary/aromatic N) is 1. The van der Waals surface area contributed by atoms with Gasteiger partial charge in [-0.2, -0.15) is 0 Å². The highest BCUT2D eigenvalue weighted by atomic mass is 16.4. The minimum atomic E-state index is -1.21. The lowest BCUT2D eigenvalue weighted by Gasteiger charge is -2.09. The van der Waals surface area contributed by atoms with Crippen LogP contribution in [0.5, 0.6) is 5.75 Å². The molecule has 0 aliphatic heterocycles. The first-order valence-corrected chi connectivity index (χ1v) is 6.61. The molecule has 0 saturated heterocycles. The van der Waals surface area contributed by atoms with Gasteiger partial charge in [-0.1, -0.05) is 0 Å². The zero-order valence-electron chi connectivity index (χ0n) is 11.1. The van der Waals surface area contributed by atoms with E-state index in [1.54, 1.807) is 6.07 Å². The van der Waals surface area contributed by atoms with Crippen LogP contribution in [0.2, 0.25) is 0 Å². The van der Waals surface area contributed by atoms with E-state index in [0.717, 1.165) is 12.8 Å².